The predicted octanol–water partition coefficient (Wildman–Crippen LogP) is 20.4. The van der Waals surface area contributed by atoms with Gasteiger partial charge in [-0.25, -0.2) is 4.85 Å². The second-order valence-corrected chi connectivity index (χ2v) is 22.4. The third-order valence-corrected chi connectivity index (χ3v) is 18.9. The summed E-state index contributed by atoms with van der Waals surface area (Å²) in [6.45, 7) is 9.74. The molecular formula is C68H36N4S3. The van der Waals surface area contributed by atoms with Crippen molar-refractivity contribution in [2.75, 3.05) is 0 Å². The molecule has 7 heteroatoms. The summed E-state index contributed by atoms with van der Waals surface area (Å²) in [4.78, 5) is 4.77. The van der Waals surface area contributed by atoms with E-state index in [9.17, 15) is 11.8 Å². The minimum Gasteiger partial charge on any atom is -0.315 e. The summed E-state index contributed by atoms with van der Waals surface area (Å²) in [5.41, 5.74) is 11.7. The van der Waals surface area contributed by atoms with E-state index in [1.54, 1.807) is 22.7 Å². The zero-order chi connectivity index (χ0) is 49.5. The van der Waals surface area contributed by atoms with E-state index in [-0.39, 0.29) is 0 Å². The predicted molar refractivity (Wildman–Crippen MR) is 321 cm³/mol. The van der Waals surface area contributed by atoms with Crippen molar-refractivity contribution in [2.45, 2.75) is 0 Å². The van der Waals surface area contributed by atoms with Gasteiger partial charge >= 0.3 is 0 Å². The fraction of sp³-hybridized carbons (Fsp3) is 0. The molecule has 0 N–H and O–H groups in total. The maximum atomic E-state index is 12.5. The Labute approximate surface area is 441 Å². The summed E-state index contributed by atoms with van der Waals surface area (Å²) < 4.78 is 11.8. The standard InChI is InChI=1S/C68H36N4S3/c1-70-61-60(41-22-9-4-10-23-41)66(71-54-36-52-45-26-13-14-29-55(45)73-58(52)37-51(54)46-28-17-27-42(62(46)71)39-18-5-2-6-19-39)59(40-20-7-3-8-21-40)53(38-69)63(61)72-64-47(32-34-49-43-24-11-15-30-56(43)74-67(49)64)48-33-35-50-44-25-12-16-31-57(44)75-68(50)65(48)72/h2-37H. The summed E-state index contributed by atoms with van der Waals surface area (Å²) >= 11 is 5.37. The van der Waals surface area contributed by atoms with Gasteiger partial charge in [0.25, 0.3) is 0 Å². The molecule has 0 spiro atoms. The molecule has 0 bridgehead atoms. The fourth-order valence-corrected chi connectivity index (χ4v) is 15.9. The van der Waals surface area contributed by atoms with Gasteiger partial charge in [-0.2, -0.15) is 5.26 Å². The zero-order valence-electron chi connectivity index (χ0n) is 39.8. The molecular weight excluding hydrogens is 969 g/mol. The van der Waals surface area contributed by atoms with Gasteiger partial charge in [0.1, 0.15) is 6.07 Å². The van der Waals surface area contributed by atoms with E-state index in [4.69, 9.17) is 4.85 Å². The molecule has 5 heterocycles. The van der Waals surface area contributed by atoms with Crippen LogP contribution < -0.4 is 0 Å². The SMILES string of the molecule is [C-]#[N+]c1c(-c2ccccc2)c(-n2c3cc4c(cc3c3cccc(-c5ccccc5)c32)sc2ccccc24)c(-c2ccccc2)c(C#N)c1-n1c2c(ccc3c4ccccc4sc32)c2ccc3c4ccccc4sc3c21. The van der Waals surface area contributed by atoms with Gasteiger partial charge in [-0.05, 0) is 47.0 Å². The maximum absolute atomic E-state index is 12.5. The van der Waals surface area contributed by atoms with Gasteiger partial charge in [-0.1, -0.05) is 188 Å². The smallest absolute Gasteiger partial charge is 0.221 e. The highest BCUT2D eigenvalue weighted by Crippen LogP contribution is 2.55. The Balaban J connectivity index is 1.19. The van der Waals surface area contributed by atoms with E-state index in [0.29, 0.717) is 16.9 Å². The van der Waals surface area contributed by atoms with Gasteiger partial charge in [0.15, 0.2) is 0 Å². The first-order chi connectivity index (χ1) is 37.2. The molecule has 0 saturated carbocycles. The minimum atomic E-state index is 0.414. The molecule has 5 aromatic heterocycles. The number of hydrogen-bond donors (Lipinski definition) is 0. The van der Waals surface area contributed by atoms with E-state index < -0.39 is 0 Å². The van der Waals surface area contributed by atoms with Crippen LogP contribution in [-0.2, 0) is 0 Å². The lowest BCUT2D eigenvalue weighted by Crippen LogP contribution is -2.08. The summed E-state index contributed by atoms with van der Waals surface area (Å²) in [5, 5.41) is 23.9. The monoisotopic (exact) mass is 1000 g/mol. The first kappa shape index (κ1) is 42.2. The molecule has 0 aliphatic heterocycles. The van der Waals surface area contributed by atoms with Gasteiger partial charge in [0, 0.05) is 89.4 Å². The first-order valence-corrected chi connectivity index (χ1v) is 27.4. The van der Waals surface area contributed by atoms with Crippen LogP contribution in [0.15, 0.2) is 218 Å². The molecule has 4 nitrogen and oxygen atoms in total. The van der Waals surface area contributed by atoms with Crippen molar-refractivity contribution in [1.29, 1.82) is 5.26 Å². The molecule has 0 unspecified atom stereocenters. The van der Waals surface area contributed by atoms with Crippen LogP contribution >= 0.6 is 34.0 Å². The number of thiophene rings is 3. The number of nitriles is 1. The van der Waals surface area contributed by atoms with Crippen LogP contribution in [0.1, 0.15) is 5.56 Å². The van der Waals surface area contributed by atoms with E-state index in [0.717, 1.165) is 103 Å². The lowest BCUT2D eigenvalue weighted by atomic mass is 9.88. The number of fused-ring (bicyclic) bond motifs is 17. The normalized spacial score (nSPS) is 12.0. The van der Waals surface area contributed by atoms with Crippen molar-refractivity contribution in [3.05, 3.63) is 235 Å². The number of rotatable bonds is 5. The molecule has 0 amide bonds. The Morgan fingerprint density at radius 3 is 1.43 bits per heavy atom. The number of nitrogens with zero attached hydrogens (tertiary/aromatic N) is 4. The van der Waals surface area contributed by atoms with Crippen molar-refractivity contribution < 1.29 is 0 Å². The lowest BCUT2D eigenvalue weighted by Gasteiger charge is -2.26. The van der Waals surface area contributed by atoms with Gasteiger partial charge in [-0.15, -0.1) is 34.0 Å². The average Bonchev–Trinajstić information content (AvgIpc) is 4.32. The van der Waals surface area contributed by atoms with Crippen LogP contribution in [0.2, 0.25) is 0 Å². The Morgan fingerprint density at radius 2 is 0.853 bits per heavy atom. The number of para-hydroxylation sites is 1. The Hall–Kier alpha value is -9.34. The third-order valence-electron chi connectivity index (χ3n) is 15.4. The number of hydrogen-bond acceptors (Lipinski definition) is 4. The van der Waals surface area contributed by atoms with Gasteiger partial charge < -0.3 is 9.13 Å². The second kappa shape index (κ2) is 16.1. The largest absolute Gasteiger partial charge is 0.315 e. The molecule has 16 aromatic rings. The molecule has 346 valence electrons. The quantitative estimate of drug-likeness (QED) is 0.158. The Morgan fingerprint density at radius 1 is 0.373 bits per heavy atom. The molecule has 16 rings (SSSR count). The molecule has 11 aromatic carbocycles. The van der Waals surface area contributed by atoms with Crippen LogP contribution in [0, 0.1) is 17.9 Å². The highest BCUT2D eigenvalue weighted by atomic mass is 32.1. The minimum absolute atomic E-state index is 0.414. The zero-order valence-corrected chi connectivity index (χ0v) is 42.2. The van der Waals surface area contributed by atoms with Crippen molar-refractivity contribution in [3.63, 3.8) is 0 Å². The molecule has 0 fully saturated rings. The number of benzene rings is 11. The third kappa shape index (κ3) is 5.89. The van der Waals surface area contributed by atoms with Crippen LogP contribution in [0.3, 0.4) is 0 Å². The second-order valence-electron chi connectivity index (χ2n) is 19.2. The van der Waals surface area contributed by atoms with Crippen LogP contribution in [0.5, 0.6) is 0 Å². The Kier molecular flexibility index (Phi) is 9.05. The average molecular weight is 1010 g/mol. The molecule has 75 heavy (non-hydrogen) atoms. The summed E-state index contributed by atoms with van der Waals surface area (Å²) in [6.07, 6.45) is 0. The van der Waals surface area contributed by atoms with E-state index >= 15 is 0 Å². The highest BCUT2D eigenvalue weighted by Gasteiger charge is 2.33. The molecule has 0 atom stereocenters. The first-order valence-electron chi connectivity index (χ1n) is 24.9. The molecule has 0 aliphatic rings. The van der Waals surface area contributed by atoms with Gasteiger partial charge in [-0.3, -0.25) is 0 Å². The summed E-state index contributed by atoms with van der Waals surface area (Å²) in [7, 11) is 0. The molecule has 0 aliphatic carbocycles. The van der Waals surface area contributed by atoms with Gasteiger partial charge in [0.2, 0.25) is 5.69 Å². The Bertz CT molecular complexity index is 4990. The number of aromatic nitrogens is 2. The lowest BCUT2D eigenvalue weighted by molar-refractivity contribution is 1.15. The van der Waals surface area contributed by atoms with Crippen LogP contribution in [0.4, 0.5) is 5.69 Å². The van der Waals surface area contributed by atoms with E-state index in [1.165, 1.54) is 40.3 Å². The highest BCUT2D eigenvalue weighted by molar-refractivity contribution is 7.27. The van der Waals surface area contributed by atoms with E-state index in [2.05, 4.69) is 221 Å². The van der Waals surface area contributed by atoms with Crippen molar-refractivity contribution in [3.8, 4) is 50.8 Å². The molecule has 0 radical (unpaired) electrons. The maximum Gasteiger partial charge on any atom is 0.221 e. The van der Waals surface area contributed by atoms with E-state index in [1.807, 2.05) is 23.5 Å². The van der Waals surface area contributed by atoms with Gasteiger partial charge in [0.05, 0.1) is 55.0 Å². The van der Waals surface area contributed by atoms with Crippen molar-refractivity contribution >= 4 is 144 Å². The fourth-order valence-electron chi connectivity index (χ4n) is 12.3. The molecule has 0 saturated heterocycles. The summed E-state index contributed by atoms with van der Waals surface area (Å²) in [6, 6.07) is 80.7. The summed E-state index contributed by atoms with van der Waals surface area (Å²) in [5.74, 6) is 0. The van der Waals surface area contributed by atoms with Crippen molar-refractivity contribution in [2.24, 2.45) is 0 Å². The topological polar surface area (TPSA) is 38.0 Å². The van der Waals surface area contributed by atoms with Crippen LogP contribution in [-0.4, -0.2) is 9.13 Å². The van der Waals surface area contributed by atoms with Crippen molar-refractivity contribution in [1.82, 2.24) is 9.13 Å². The van der Waals surface area contributed by atoms with Crippen LogP contribution in [0.25, 0.3) is 154 Å².